The van der Waals surface area contributed by atoms with Gasteiger partial charge in [-0.2, -0.15) is 5.10 Å². The highest BCUT2D eigenvalue weighted by molar-refractivity contribution is 6.07. The van der Waals surface area contributed by atoms with E-state index in [1.165, 1.54) is 32.5 Å². The molecule has 14 heteroatoms. The van der Waals surface area contributed by atoms with Gasteiger partial charge in [-0.3, -0.25) is 19.4 Å². The van der Waals surface area contributed by atoms with Crippen LogP contribution in [-0.2, 0) is 10.3 Å². The van der Waals surface area contributed by atoms with Crippen LogP contribution < -0.4 is 26.4 Å². The lowest BCUT2D eigenvalue weighted by atomic mass is 9.91. The SMILES string of the molecule is CNC(=O)c1ccc(C(=O)Nc2ccc(NC(=O)c3ccc(/C(N)=N/OC(=O)c4cc(C(C)(C)C)n(-c5ccccc5)n4)cn3)c(OC)c2)cc1. The van der Waals surface area contributed by atoms with Gasteiger partial charge in [-0.15, -0.1) is 0 Å². The van der Waals surface area contributed by atoms with Crippen molar-refractivity contribution < 1.29 is 28.8 Å². The zero-order chi connectivity index (χ0) is 36.7. The van der Waals surface area contributed by atoms with Crippen molar-refractivity contribution in [2.24, 2.45) is 10.9 Å². The summed E-state index contributed by atoms with van der Waals surface area (Å²) in [6.45, 7) is 6.04. The predicted octanol–water partition coefficient (Wildman–Crippen LogP) is 4.91. The van der Waals surface area contributed by atoms with Crippen molar-refractivity contribution in [2.75, 3.05) is 24.8 Å². The van der Waals surface area contributed by atoms with Crippen molar-refractivity contribution in [3.8, 4) is 11.4 Å². The van der Waals surface area contributed by atoms with Gasteiger partial charge in [-0.05, 0) is 66.7 Å². The number of para-hydroxylation sites is 1. The molecule has 0 aliphatic carbocycles. The lowest BCUT2D eigenvalue weighted by molar-refractivity contribution is 0.0508. The molecular formula is C37H36N8O6. The van der Waals surface area contributed by atoms with Gasteiger partial charge in [0.1, 0.15) is 11.4 Å². The van der Waals surface area contributed by atoms with E-state index in [-0.39, 0.29) is 34.3 Å². The number of amidine groups is 1. The maximum Gasteiger partial charge on any atom is 0.385 e. The summed E-state index contributed by atoms with van der Waals surface area (Å²) in [5.74, 6) is -1.84. The van der Waals surface area contributed by atoms with Crippen molar-refractivity contribution in [3.05, 3.63) is 131 Å². The Balaban J connectivity index is 1.21. The van der Waals surface area contributed by atoms with E-state index in [1.807, 2.05) is 51.1 Å². The highest BCUT2D eigenvalue weighted by Crippen LogP contribution is 2.29. The molecule has 0 saturated carbocycles. The monoisotopic (exact) mass is 688 g/mol. The fourth-order valence-electron chi connectivity index (χ4n) is 4.83. The quantitative estimate of drug-likeness (QED) is 0.0683. The second-order valence-corrected chi connectivity index (χ2v) is 12.2. The first kappa shape index (κ1) is 35.5. The van der Waals surface area contributed by atoms with Crippen LogP contribution >= 0.6 is 0 Å². The first-order chi connectivity index (χ1) is 24.4. The van der Waals surface area contributed by atoms with Crippen LogP contribution in [0.2, 0.25) is 0 Å². The number of nitrogens with zero attached hydrogens (tertiary/aromatic N) is 4. The van der Waals surface area contributed by atoms with Crippen LogP contribution in [0.1, 0.15) is 73.7 Å². The lowest BCUT2D eigenvalue weighted by Gasteiger charge is -2.20. The van der Waals surface area contributed by atoms with Gasteiger partial charge in [0, 0.05) is 47.1 Å². The molecule has 260 valence electrons. The number of carbonyl (C=O) groups excluding carboxylic acids is 4. The molecule has 0 fully saturated rings. The molecule has 0 aliphatic heterocycles. The number of amides is 3. The van der Waals surface area contributed by atoms with Gasteiger partial charge in [0.2, 0.25) is 0 Å². The smallest absolute Gasteiger partial charge is 0.385 e. The molecule has 2 heterocycles. The number of hydrogen-bond acceptors (Lipinski definition) is 9. The van der Waals surface area contributed by atoms with Gasteiger partial charge >= 0.3 is 5.97 Å². The number of pyridine rings is 1. The lowest BCUT2D eigenvalue weighted by Crippen LogP contribution is -2.18. The Morgan fingerprint density at radius 3 is 2.06 bits per heavy atom. The summed E-state index contributed by atoms with van der Waals surface area (Å²) in [5, 5.41) is 16.2. The molecule has 0 atom stereocenters. The third-order valence-electron chi connectivity index (χ3n) is 7.55. The molecule has 5 rings (SSSR count). The number of aromatic nitrogens is 3. The van der Waals surface area contributed by atoms with Crippen LogP contribution in [0.5, 0.6) is 5.75 Å². The molecule has 51 heavy (non-hydrogen) atoms. The van der Waals surface area contributed by atoms with Crippen molar-refractivity contribution in [2.45, 2.75) is 26.2 Å². The molecule has 3 amide bonds. The van der Waals surface area contributed by atoms with Crippen molar-refractivity contribution in [1.82, 2.24) is 20.1 Å². The number of ether oxygens (including phenoxy) is 1. The highest BCUT2D eigenvalue weighted by atomic mass is 16.7. The number of carbonyl (C=O) groups is 4. The van der Waals surface area contributed by atoms with E-state index in [9.17, 15) is 19.2 Å². The van der Waals surface area contributed by atoms with E-state index in [4.69, 9.17) is 15.3 Å². The molecule has 5 aromatic rings. The summed E-state index contributed by atoms with van der Waals surface area (Å²) < 4.78 is 7.12. The largest absolute Gasteiger partial charge is 0.494 e. The molecule has 2 aromatic heterocycles. The first-order valence-electron chi connectivity index (χ1n) is 15.7. The highest BCUT2D eigenvalue weighted by Gasteiger charge is 2.25. The number of nitrogens with one attached hydrogen (secondary N) is 3. The molecule has 0 unspecified atom stereocenters. The maximum absolute atomic E-state index is 13.0. The Labute approximate surface area is 293 Å². The van der Waals surface area contributed by atoms with E-state index in [0.29, 0.717) is 28.1 Å². The van der Waals surface area contributed by atoms with Crippen LogP contribution in [0.3, 0.4) is 0 Å². The molecule has 0 radical (unpaired) electrons. The molecule has 0 spiro atoms. The van der Waals surface area contributed by atoms with Crippen LogP contribution in [0.15, 0.2) is 102 Å². The molecular weight excluding hydrogens is 652 g/mol. The zero-order valence-corrected chi connectivity index (χ0v) is 28.6. The van der Waals surface area contributed by atoms with Crippen LogP contribution in [-0.4, -0.2) is 58.4 Å². The number of rotatable bonds is 10. The van der Waals surface area contributed by atoms with Gasteiger partial charge in [0.05, 0.1) is 24.2 Å². The van der Waals surface area contributed by atoms with Crippen LogP contribution in [0.25, 0.3) is 5.69 Å². The second kappa shape index (κ2) is 15.2. The third-order valence-corrected chi connectivity index (χ3v) is 7.55. The number of hydrogen-bond donors (Lipinski definition) is 4. The van der Waals surface area contributed by atoms with Gasteiger partial charge in [-0.25, -0.2) is 9.48 Å². The van der Waals surface area contributed by atoms with Gasteiger partial charge in [-0.1, -0.05) is 44.1 Å². The number of methoxy groups -OCH3 is 1. The third kappa shape index (κ3) is 8.43. The van der Waals surface area contributed by atoms with E-state index in [2.05, 4.69) is 31.2 Å². The summed E-state index contributed by atoms with van der Waals surface area (Å²) in [4.78, 5) is 59.7. The fourth-order valence-corrected chi connectivity index (χ4v) is 4.83. The molecule has 0 aliphatic rings. The van der Waals surface area contributed by atoms with Crippen molar-refractivity contribution >= 4 is 40.9 Å². The number of nitrogens with two attached hydrogens (primary N) is 1. The summed E-state index contributed by atoms with van der Waals surface area (Å²) in [6.07, 6.45) is 1.32. The molecule has 5 N–H and O–H groups in total. The number of oxime groups is 1. The topological polar surface area (TPSA) is 192 Å². The Morgan fingerprint density at radius 1 is 0.784 bits per heavy atom. The Hall–Kier alpha value is -6.83. The van der Waals surface area contributed by atoms with E-state index < -0.39 is 17.8 Å². The standard InChI is InChI=1S/C37H36N8O6/c1-37(2,3)31-20-29(43-45(31)26-9-7-6-8-10-26)36(49)51-44-32(38)24-15-17-28(40-21-24)35(48)42-27-18-16-25(19-30(27)50-5)41-34(47)23-13-11-22(12-14-23)33(46)39-4/h6-21H,1-5H3,(H2,38,44)(H,39,46)(H,41,47)(H,42,48). The minimum atomic E-state index is -0.793. The molecule has 3 aromatic carbocycles. The minimum absolute atomic E-state index is 0.0596. The average Bonchev–Trinajstić information content (AvgIpc) is 3.61. The van der Waals surface area contributed by atoms with Crippen LogP contribution in [0, 0.1) is 0 Å². The van der Waals surface area contributed by atoms with E-state index in [1.54, 1.807) is 53.2 Å². The molecule has 0 saturated heterocycles. The Kier molecular flexibility index (Phi) is 10.5. The average molecular weight is 689 g/mol. The Bertz CT molecular complexity index is 2100. The van der Waals surface area contributed by atoms with Crippen molar-refractivity contribution in [1.29, 1.82) is 0 Å². The maximum atomic E-state index is 13.0. The summed E-state index contributed by atoms with van der Waals surface area (Å²) in [7, 11) is 2.95. The van der Waals surface area contributed by atoms with Crippen LogP contribution in [0.4, 0.5) is 11.4 Å². The molecule has 14 nitrogen and oxygen atoms in total. The van der Waals surface area contributed by atoms with Gasteiger partial charge in [0.25, 0.3) is 17.7 Å². The number of benzene rings is 3. The Morgan fingerprint density at radius 2 is 1.45 bits per heavy atom. The van der Waals surface area contributed by atoms with E-state index >= 15 is 0 Å². The summed E-state index contributed by atoms with van der Waals surface area (Å²) in [6, 6.07) is 24.9. The normalized spacial score (nSPS) is 11.4. The predicted molar refractivity (Wildman–Crippen MR) is 191 cm³/mol. The first-order valence-corrected chi connectivity index (χ1v) is 15.7. The summed E-state index contributed by atoms with van der Waals surface area (Å²) in [5.41, 5.74) is 9.30. The van der Waals surface area contributed by atoms with E-state index in [0.717, 1.165) is 11.4 Å². The van der Waals surface area contributed by atoms with Gasteiger partial charge < -0.3 is 31.3 Å². The second-order valence-electron chi connectivity index (χ2n) is 12.2. The molecule has 0 bridgehead atoms. The summed E-state index contributed by atoms with van der Waals surface area (Å²) >= 11 is 0. The zero-order valence-electron chi connectivity index (χ0n) is 28.6. The minimum Gasteiger partial charge on any atom is -0.494 e. The fraction of sp³-hybridized carbons (Fsp3) is 0.162. The van der Waals surface area contributed by atoms with Gasteiger partial charge in [0.15, 0.2) is 11.5 Å². The number of anilines is 2. The van der Waals surface area contributed by atoms with Crippen molar-refractivity contribution in [3.63, 3.8) is 0 Å².